The molecular formula is C37H51BP-. The van der Waals surface area contributed by atoms with Crippen molar-refractivity contribution in [2.75, 3.05) is 25.2 Å². The van der Waals surface area contributed by atoms with E-state index in [1.807, 2.05) is 0 Å². The fourth-order valence-electron chi connectivity index (χ4n) is 6.31. The topological polar surface area (TPSA) is 0 Å². The molecule has 39 heavy (non-hydrogen) atoms. The number of unbranched alkanes of at least 4 members (excludes halogenated alkanes) is 3. The summed E-state index contributed by atoms with van der Waals surface area (Å²) in [6, 6.07) is 43.5. The van der Waals surface area contributed by atoms with Gasteiger partial charge in [0.05, 0.1) is 0 Å². The molecule has 0 amide bonds. The number of rotatable bonds is 13. The third-order valence-corrected chi connectivity index (χ3v) is 13.3. The molecule has 0 aliphatic carbocycles. The van der Waals surface area contributed by atoms with Crippen molar-refractivity contribution in [2.45, 2.75) is 59.3 Å². The monoisotopic (exact) mass is 537 g/mol. The minimum absolute atomic E-state index is 0.812. The minimum atomic E-state index is -1.22. The molecule has 0 heterocycles. The van der Waals surface area contributed by atoms with Gasteiger partial charge in [-0.25, -0.2) is 0 Å². The number of benzene rings is 4. The Morgan fingerprint density at radius 2 is 0.641 bits per heavy atom. The van der Waals surface area contributed by atoms with Crippen LogP contribution in [0.25, 0.3) is 0 Å². The molecule has 4 aromatic carbocycles. The summed E-state index contributed by atoms with van der Waals surface area (Å²) in [4.78, 5) is 0. The molecule has 0 fully saturated rings. The second kappa shape index (κ2) is 16.5. The van der Waals surface area contributed by atoms with Crippen molar-refractivity contribution < 1.29 is 0 Å². The Kier molecular flexibility index (Phi) is 13.1. The summed E-state index contributed by atoms with van der Waals surface area (Å²) >= 11 is 0. The third kappa shape index (κ3) is 8.43. The van der Waals surface area contributed by atoms with E-state index in [1.165, 1.54) is 60.4 Å². The van der Waals surface area contributed by atoms with Crippen molar-refractivity contribution in [3.8, 4) is 0 Å². The van der Waals surface area contributed by atoms with Crippen molar-refractivity contribution in [1.29, 1.82) is 0 Å². The predicted molar refractivity (Wildman–Crippen MR) is 184 cm³/mol. The molecule has 0 saturated heterocycles. The van der Waals surface area contributed by atoms with Gasteiger partial charge in [0, 0.05) is 0 Å². The number of hydrogen-bond donors (Lipinski definition) is 0. The van der Waals surface area contributed by atoms with Crippen molar-refractivity contribution in [3.63, 3.8) is 0 Å². The normalized spacial score (nSPS) is 11.9. The molecule has 0 saturated carbocycles. The van der Waals surface area contributed by atoms with Crippen LogP contribution in [0.4, 0.5) is 0 Å². The van der Waals surface area contributed by atoms with Gasteiger partial charge in [-0.3, -0.25) is 0 Å². The molecular weight excluding hydrogens is 486 g/mol. The molecule has 0 spiro atoms. The Hall–Kier alpha value is -2.63. The first kappa shape index (κ1) is 30.9. The van der Waals surface area contributed by atoms with Gasteiger partial charge in [0.25, 0.3) is 0 Å². The summed E-state index contributed by atoms with van der Waals surface area (Å²) < 4.78 is 0. The van der Waals surface area contributed by atoms with Gasteiger partial charge in [0.2, 0.25) is 0 Å². The SMILES string of the molecule is CCCC[PH](C)(CCCC)CCCC.c1ccc([B-](c2ccccc2)(c2ccccc2)c2ccccc2)cc1. The van der Waals surface area contributed by atoms with Crippen LogP contribution in [0.5, 0.6) is 0 Å². The minimum Gasteiger partial charge on any atom is -0.195 e. The zero-order chi connectivity index (χ0) is 27.8. The van der Waals surface area contributed by atoms with E-state index in [2.05, 4.69) is 149 Å². The Morgan fingerprint density at radius 3 is 0.846 bits per heavy atom. The maximum Gasteiger partial charge on any atom is 0.108 e. The van der Waals surface area contributed by atoms with Crippen LogP contribution >= 0.6 is 7.26 Å². The molecule has 0 unspecified atom stereocenters. The van der Waals surface area contributed by atoms with Crippen LogP contribution in [-0.2, 0) is 0 Å². The standard InChI is InChI=1S/C24H20B.C13H31P/c1-5-13-21(14-6-1)25(22-15-7-2-8-16-22,23-17-9-3-10-18-23)24-19-11-4-12-20-24;1-5-8-11-14(4,12-9-6-2)13-10-7-3/h1-20H;14H,5-13H2,1-4H3/q-1;. The largest absolute Gasteiger partial charge is 0.195 e. The van der Waals surface area contributed by atoms with Crippen molar-refractivity contribution >= 4 is 35.3 Å². The van der Waals surface area contributed by atoms with Crippen LogP contribution in [0.3, 0.4) is 0 Å². The summed E-state index contributed by atoms with van der Waals surface area (Å²) in [5.41, 5.74) is 5.36. The summed E-state index contributed by atoms with van der Waals surface area (Å²) in [5.74, 6) is 0. The van der Waals surface area contributed by atoms with Crippen LogP contribution < -0.4 is 21.9 Å². The summed E-state index contributed by atoms with van der Waals surface area (Å²) in [7, 11) is -0.812. The quantitative estimate of drug-likeness (QED) is 0.120. The number of hydrogen-bond acceptors (Lipinski definition) is 0. The van der Waals surface area contributed by atoms with Crippen LogP contribution in [0.15, 0.2) is 121 Å². The average molecular weight is 538 g/mol. The molecule has 0 aliphatic rings. The molecule has 208 valence electrons. The predicted octanol–water partition coefficient (Wildman–Crippen LogP) is 7.83. The Morgan fingerprint density at radius 1 is 0.410 bits per heavy atom. The molecule has 0 radical (unpaired) electrons. The molecule has 4 aromatic rings. The van der Waals surface area contributed by atoms with E-state index in [9.17, 15) is 0 Å². The Bertz CT molecular complexity index is 974. The first-order chi connectivity index (χ1) is 19.1. The Labute approximate surface area is 240 Å². The van der Waals surface area contributed by atoms with Crippen LogP contribution in [0.2, 0.25) is 0 Å². The fraction of sp³-hybridized carbons (Fsp3) is 0.351. The van der Waals surface area contributed by atoms with Crippen molar-refractivity contribution in [3.05, 3.63) is 121 Å². The maximum absolute atomic E-state index is 2.65. The van der Waals surface area contributed by atoms with E-state index in [4.69, 9.17) is 0 Å². The van der Waals surface area contributed by atoms with Gasteiger partial charge in [-0.1, -0.05) is 121 Å². The van der Waals surface area contributed by atoms with Crippen LogP contribution in [0, 0.1) is 0 Å². The smallest absolute Gasteiger partial charge is 0.108 e. The van der Waals surface area contributed by atoms with Crippen molar-refractivity contribution in [1.82, 2.24) is 0 Å². The van der Waals surface area contributed by atoms with E-state index in [0.29, 0.717) is 0 Å². The Balaban J connectivity index is 0.000000258. The van der Waals surface area contributed by atoms with Gasteiger partial charge in [-0.05, 0) is 0 Å². The maximum atomic E-state index is 2.65. The summed E-state index contributed by atoms with van der Waals surface area (Å²) in [6.07, 6.45) is 12.2. The molecule has 0 aromatic heterocycles. The van der Waals surface area contributed by atoms with E-state index in [-0.39, 0.29) is 0 Å². The van der Waals surface area contributed by atoms with E-state index in [1.54, 1.807) is 18.5 Å². The van der Waals surface area contributed by atoms with Crippen LogP contribution in [0.1, 0.15) is 59.3 Å². The van der Waals surface area contributed by atoms with Gasteiger partial charge < -0.3 is 0 Å². The van der Waals surface area contributed by atoms with E-state index in [0.717, 1.165) is 0 Å². The van der Waals surface area contributed by atoms with Gasteiger partial charge in [0.1, 0.15) is 6.15 Å². The summed E-state index contributed by atoms with van der Waals surface area (Å²) in [6.45, 7) is 9.63. The zero-order valence-electron chi connectivity index (χ0n) is 25.0. The van der Waals surface area contributed by atoms with Crippen molar-refractivity contribution in [2.24, 2.45) is 0 Å². The average Bonchev–Trinajstić information content (AvgIpc) is 3.01. The zero-order valence-corrected chi connectivity index (χ0v) is 26.0. The second-order valence-electron chi connectivity index (χ2n) is 11.6. The van der Waals surface area contributed by atoms with Crippen LogP contribution in [-0.4, -0.2) is 31.3 Å². The van der Waals surface area contributed by atoms with Gasteiger partial charge in [-0.2, -0.15) is 21.9 Å². The van der Waals surface area contributed by atoms with Gasteiger partial charge in [0.15, 0.2) is 0 Å². The molecule has 4 rings (SSSR count). The molecule has 0 aliphatic heterocycles. The molecule has 0 nitrogen and oxygen atoms in total. The second-order valence-corrected chi connectivity index (χ2v) is 16.8. The first-order valence-corrected chi connectivity index (χ1v) is 18.6. The fourth-order valence-corrected chi connectivity index (χ4v) is 10.7. The van der Waals surface area contributed by atoms with Gasteiger partial charge >= 0.3 is 91.7 Å². The van der Waals surface area contributed by atoms with Gasteiger partial charge in [-0.15, -0.1) is 0 Å². The molecule has 0 N–H and O–H groups in total. The first-order valence-electron chi connectivity index (χ1n) is 15.5. The van der Waals surface area contributed by atoms with E-state index >= 15 is 0 Å². The summed E-state index contributed by atoms with van der Waals surface area (Å²) in [5, 5.41) is 0. The third-order valence-electron chi connectivity index (χ3n) is 8.60. The molecule has 0 atom stereocenters. The molecule has 2 heteroatoms. The van der Waals surface area contributed by atoms with E-state index < -0.39 is 13.4 Å². The molecule has 0 bridgehead atoms.